The van der Waals surface area contributed by atoms with E-state index in [1.807, 2.05) is 0 Å². The van der Waals surface area contributed by atoms with Crippen LogP contribution in [0.5, 0.6) is 0 Å². The first-order valence-electron chi connectivity index (χ1n) is 5.06. The second kappa shape index (κ2) is 5.01. The average Bonchev–Trinajstić information content (AvgIpc) is 2.16. The van der Waals surface area contributed by atoms with Crippen molar-refractivity contribution in [2.24, 2.45) is 0 Å². The lowest BCUT2D eigenvalue weighted by Gasteiger charge is -2.34. The third-order valence-corrected chi connectivity index (χ3v) is 2.49. The predicted molar refractivity (Wildman–Crippen MR) is 53.0 cm³/mol. The fourth-order valence-corrected chi connectivity index (χ4v) is 1.71. The summed E-state index contributed by atoms with van der Waals surface area (Å²) < 4.78 is 38.0. The van der Waals surface area contributed by atoms with Crippen LogP contribution in [0.4, 0.5) is 13.2 Å². The number of alkyl halides is 3. The van der Waals surface area contributed by atoms with Crippen LogP contribution in [0.2, 0.25) is 0 Å². The Hall–Kier alpha value is -0.820. The molecule has 1 unspecified atom stereocenters. The van der Waals surface area contributed by atoms with E-state index in [9.17, 15) is 18.0 Å². The molecule has 1 N–H and O–H groups in total. The summed E-state index contributed by atoms with van der Waals surface area (Å²) in [7, 11) is 2.52. The standard InChI is InChI=1S/C9H16F3N3O/c1-14(2)7(9(10,11)12)8(16)15-5-3-13-4-6-15/h7,13H,3-6H2,1-2H3. The van der Waals surface area contributed by atoms with Gasteiger partial charge in [-0.15, -0.1) is 0 Å². The maximum Gasteiger partial charge on any atom is 0.412 e. The summed E-state index contributed by atoms with van der Waals surface area (Å²) in [5.74, 6) is -0.862. The van der Waals surface area contributed by atoms with Crippen molar-refractivity contribution in [3.8, 4) is 0 Å². The van der Waals surface area contributed by atoms with Crippen LogP contribution in [0, 0.1) is 0 Å². The third kappa shape index (κ3) is 3.08. The minimum atomic E-state index is -4.52. The van der Waals surface area contributed by atoms with Crippen molar-refractivity contribution in [2.75, 3.05) is 40.3 Å². The molecule has 0 aromatic rings. The molecule has 0 aromatic heterocycles. The summed E-state index contributed by atoms with van der Waals surface area (Å²) in [6.45, 7) is 1.76. The van der Waals surface area contributed by atoms with E-state index in [0.29, 0.717) is 26.2 Å². The monoisotopic (exact) mass is 239 g/mol. The Morgan fingerprint density at radius 1 is 1.31 bits per heavy atom. The quantitative estimate of drug-likeness (QED) is 0.731. The lowest BCUT2D eigenvalue weighted by Crippen LogP contribution is -2.57. The molecule has 0 radical (unpaired) electrons. The summed E-state index contributed by atoms with van der Waals surface area (Å²) in [5, 5.41) is 2.99. The predicted octanol–water partition coefficient (Wildman–Crippen LogP) is -0.0893. The van der Waals surface area contributed by atoms with Gasteiger partial charge in [0.05, 0.1) is 0 Å². The highest BCUT2D eigenvalue weighted by molar-refractivity contribution is 5.82. The van der Waals surface area contributed by atoms with E-state index in [0.717, 1.165) is 4.90 Å². The van der Waals surface area contributed by atoms with Crippen molar-refractivity contribution in [3.63, 3.8) is 0 Å². The lowest BCUT2D eigenvalue weighted by molar-refractivity contribution is -0.190. The van der Waals surface area contributed by atoms with Crippen LogP contribution in [0.3, 0.4) is 0 Å². The van der Waals surface area contributed by atoms with Gasteiger partial charge in [-0.05, 0) is 14.1 Å². The first-order chi connectivity index (χ1) is 7.34. The smallest absolute Gasteiger partial charge is 0.338 e. The minimum Gasteiger partial charge on any atom is -0.338 e. The molecule has 1 fully saturated rings. The molecule has 1 amide bonds. The fourth-order valence-electron chi connectivity index (χ4n) is 1.71. The minimum absolute atomic E-state index is 0.333. The van der Waals surface area contributed by atoms with Gasteiger partial charge < -0.3 is 10.2 Å². The van der Waals surface area contributed by atoms with Crippen molar-refractivity contribution in [1.29, 1.82) is 0 Å². The molecular formula is C9H16F3N3O. The largest absolute Gasteiger partial charge is 0.412 e. The number of carbonyl (C=O) groups excluding carboxylic acids is 1. The molecule has 1 aliphatic heterocycles. The maximum absolute atomic E-state index is 12.7. The van der Waals surface area contributed by atoms with Gasteiger partial charge in [-0.1, -0.05) is 0 Å². The Labute approximate surface area is 92.4 Å². The van der Waals surface area contributed by atoms with Crippen LogP contribution in [-0.4, -0.2) is 68.2 Å². The van der Waals surface area contributed by atoms with Crippen LogP contribution in [0.15, 0.2) is 0 Å². The molecule has 1 aliphatic rings. The number of halogens is 3. The number of carbonyl (C=O) groups is 1. The van der Waals surface area contributed by atoms with Crippen LogP contribution in [0.1, 0.15) is 0 Å². The molecule has 1 rings (SSSR count). The van der Waals surface area contributed by atoms with Crippen molar-refractivity contribution in [2.45, 2.75) is 12.2 Å². The molecule has 0 aliphatic carbocycles. The summed E-state index contributed by atoms with van der Waals surface area (Å²) in [6, 6.07) is -2.04. The Bertz CT molecular complexity index is 249. The van der Waals surface area contributed by atoms with E-state index in [2.05, 4.69) is 5.32 Å². The first-order valence-corrected chi connectivity index (χ1v) is 5.06. The Kier molecular flexibility index (Phi) is 4.15. The van der Waals surface area contributed by atoms with Gasteiger partial charge in [0.15, 0.2) is 6.04 Å². The molecule has 0 bridgehead atoms. The lowest BCUT2D eigenvalue weighted by atomic mass is 10.2. The number of amides is 1. The van der Waals surface area contributed by atoms with Crippen molar-refractivity contribution in [1.82, 2.24) is 15.1 Å². The van der Waals surface area contributed by atoms with Gasteiger partial charge in [0.25, 0.3) is 0 Å². The van der Waals surface area contributed by atoms with E-state index >= 15 is 0 Å². The average molecular weight is 239 g/mol. The Morgan fingerprint density at radius 2 is 1.81 bits per heavy atom. The third-order valence-electron chi connectivity index (χ3n) is 2.49. The van der Waals surface area contributed by atoms with Gasteiger partial charge in [-0.25, -0.2) is 0 Å². The normalized spacial score (nSPS) is 20.0. The van der Waals surface area contributed by atoms with Crippen molar-refractivity contribution < 1.29 is 18.0 Å². The molecule has 0 saturated carbocycles. The summed E-state index contributed by atoms with van der Waals surface area (Å²) in [4.78, 5) is 13.9. The summed E-state index contributed by atoms with van der Waals surface area (Å²) >= 11 is 0. The number of hydrogen-bond donors (Lipinski definition) is 1. The molecule has 1 atom stereocenters. The van der Waals surface area contributed by atoms with E-state index < -0.39 is 18.1 Å². The first kappa shape index (κ1) is 13.2. The van der Waals surface area contributed by atoms with Gasteiger partial charge in [-0.2, -0.15) is 13.2 Å². The summed E-state index contributed by atoms with van der Waals surface area (Å²) in [5.41, 5.74) is 0. The molecule has 1 saturated heterocycles. The van der Waals surface area contributed by atoms with E-state index in [1.165, 1.54) is 19.0 Å². The number of piperazine rings is 1. The number of hydrogen-bond acceptors (Lipinski definition) is 3. The SMILES string of the molecule is CN(C)C(C(=O)N1CCNCC1)C(F)(F)F. The molecule has 4 nitrogen and oxygen atoms in total. The van der Waals surface area contributed by atoms with Crippen LogP contribution in [-0.2, 0) is 4.79 Å². The van der Waals surface area contributed by atoms with Gasteiger partial charge in [0.1, 0.15) is 0 Å². The maximum atomic E-state index is 12.7. The van der Waals surface area contributed by atoms with Crippen LogP contribution < -0.4 is 5.32 Å². The topological polar surface area (TPSA) is 35.6 Å². The highest BCUT2D eigenvalue weighted by atomic mass is 19.4. The number of nitrogens with one attached hydrogen (secondary N) is 1. The Morgan fingerprint density at radius 3 is 2.19 bits per heavy atom. The molecule has 7 heteroatoms. The number of likely N-dealkylation sites (N-methyl/N-ethyl adjacent to an activating group) is 1. The van der Waals surface area contributed by atoms with Gasteiger partial charge in [0, 0.05) is 26.2 Å². The molecule has 0 aromatic carbocycles. The zero-order valence-electron chi connectivity index (χ0n) is 9.34. The van der Waals surface area contributed by atoms with E-state index in [4.69, 9.17) is 0 Å². The van der Waals surface area contributed by atoms with Gasteiger partial charge in [-0.3, -0.25) is 9.69 Å². The fraction of sp³-hybridized carbons (Fsp3) is 0.889. The second-order valence-corrected chi connectivity index (χ2v) is 3.98. The molecule has 16 heavy (non-hydrogen) atoms. The molecule has 1 heterocycles. The summed E-state index contributed by atoms with van der Waals surface area (Å²) in [6.07, 6.45) is -4.52. The van der Waals surface area contributed by atoms with Crippen LogP contribution in [0.25, 0.3) is 0 Å². The Balaban J connectivity index is 2.74. The molecular weight excluding hydrogens is 223 g/mol. The van der Waals surface area contributed by atoms with Crippen molar-refractivity contribution >= 4 is 5.91 Å². The van der Waals surface area contributed by atoms with E-state index in [1.54, 1.807) is 0 Å². The van der Waals surface area contributed by atoms with Gasteiger partial charge >= 0.3 is 6.18 Å². The zero-order valence-corrected chi connectivity index (χ0v) is 9.34. The van der Waals surface area contributed by atoms with E-state index in [-0.39, 0.29) is 0 Å². The highest BCUT2D eigenvalue weighted by Gasteiger charge is 2.48. The number of rotatable bonds is 2. The zero-order chi connectivity index (χ0) is 12.3. The highest BCUT2D eigenvalue weighted by Crippen LogP contribution is 2.25. The number of nitrogens with zero attached hydrogens (tertiary/aromatic N) is 2. The molecule has 94 valence electrons. The molecule has 0 spiro atoms. The van der Waals surface area contributed by atoms with Gasteiger partial charge in [0.2, 0.25) is 5.91 Å². The van der Waals surface area contributed by atoms with Crippen molar-refractivity contribution in [3.05, 3.63) is 0 Å². The van der Waals surface area contributed by atoms with Crippen LogP contribution >= 0.6 is 0 Å². The second-order valence-electron chi connectivity index (χ2n) is 3.98.